The van der Waals surface area contributed by atoms with E-state index in [-0.39, 0.29) is 5.54 Å². The van der Waals surface area contributed by atoms with Crippen molar-refractivity contribution >= 4 is 8.07 Å². The standard InChI is InChI=1S/C15H33NSi/c1-14(2,3)16-12-15(13-17(4,5)6)10-8-7-9-11-15/h16H,7-13H2,1-6H3. The highest BCUT2D eigenvalue weighted by Gasteiger charge is 2.36. The second-order valence-electron chi connectivity index (χ2n) is 8.40. The van der Waals surface area contributed by atoms with Crippen LogP contribution in [0.15, 0.2) is 0 Å². The van der Waals surface area contributed by atoms with Crippen LogP contribution in [0, 0.1) is 5.41 Å². The minimum atomic E-state index is -0.953. The van der Waals surface area contributed by atoms with Crippen molar-refractivity contribution in [1.29, 1.82) is 0 Å². The van der Waals surface area contributed by atoms with E-state index in [1.165, 1.54) is 44.7 Å². The van der Waals surface area contributed by atoms with Crippen LogP contribution >= 0.6 is 0 Å². The average molecular weight is 256 g/mol. The quantitative estimate of drug-likeness (QED) is 0.720. The molecule has 0 spiro atoms. The molecule has 0 aliphatic heterocycles. The van der Waals surface area contributed by atoms with Crippen molar-refractivity contribution < 1.29 is 0 Å². The van der Waals surface area contributed by atoms with Crippen molar-refractivity contribution in [2.75, 3.05) is 6.54 Å². The zero-order valence-electron chi connectivity index (χ0n) is 12.9. The molecular formula is C15H33NSi. The molecule has 17 heavy (non-hydrogen) atoms. The average Bonchev–Trinajstić information content (AvgIpc) is 2.13. The largest absolute Gasteiger partial charge is 0.312 e. The molecule has 1 saturated carbocycles. The Labute approximate surface area is 110 Å². The van der Waals surface area contributed by atoms with Crippen LogP contribution in [-0.2, 0) is 0 Å². The summed E-state index contributed by atoms with van der Waals surface area (Å²) in [5.41, 5.74) is 0.889. The molecule has 0 aromatic heterocycles. The highest BCUT2D eigenvalue weighted by molar-refractivity contribution is 6.76. The normalized spacial score (nSPS) is 21.5. The predicted octanol–water partition coefficient (Wildman–Crippen LogP) is 4.66. The van der Waals surface area contributed by atoms with Gasteiger partial charge in [-0.15, -0.1) is 0 Å². The van der Waals surface area contributed by atoms with E-state index in [9.17, 15) is 0 Å². The number of hydrogen-bond acceptors (Lipinski definition) is 1. The van der Waals surface area contributed by atoms with E-state index in [2.05, 4.69) is 45.7 Å². The Morgan fingerprint density at radius 1 is 1.00 bits per heavy atom. The van der Waals surface area contributed by atoms with Gasteiger partial charge in [0.25, 0.3) is 0 Å². The molecule has 0 aromatic carbocycles. The highest BCUT2D eigenvalue weighted by Crippen LogP contribution is 2.42. The minimum absolute atomic E-state index is 0.268. The van der Waals surface area contributed by atoms with Gasteiger partial charge in [-0.05, 0) is 39.0 Å². The lowest BCUT2D eigenvalue weighted by Gasteiger charge is -2.43. The van der Waals surface area contributed by atoms with Crippen molar-refractivity contribution in [1.82, 2.24) is 5.32 Å². The van der Waals surface area contributed by atoms with Gasteiger partial charge in [-0.2, -0.15) is 0 Å². The summed E-state index contributed by atoms with van der Waals surface area (Å²) in [6.07, 6.45) is 7.29. The molecule has 0 unspecified atom stereocenters. The molecule has 2 heteroatoms. The second kappa shape index (κ2) is 5.44. The van der Waals surface area contributed by atoms with Gasteiger partial charge in [0.2, 0.25) is 0 Å². The van der Waals surface area contributed by atoms with Crippen LogP contribution in [0.3, 0.4) is 0 Å². The summed E-state index contributed by atoms with van der Waals surface area (Å²) < 4.78 is 0. The van der Waals surface area contributed by atoms with E-state index in [1.54, 1.807) is 0 Å². The van der Waals surface area contributed by atoms with Crippen LogP contribution in [0.1, 0.15) is 52.9 Å². The summed E-state index contributed by atoms with van der Waals surface area (Å²) in [6, 6.07) is 1.50. The third-order valence-electron chi connectivity index (χ3n) is 3.81. The molecule has 1 N–H and O–H groups in total. The molecule has 1 aliphatic rings. The van der Waals surface area contributed by atoms with Crippen molar-refractivity contribution in [2.24, 2.45) is 5.41 Å². The molecule has 1 nitrogen and oxygen atoms in total. The molecular weight excluding hydrogens is 222 g/mol. The monoisotopic (exact) mass is 255 g/mol. The second-order valence-corrected chi connectivity index (χ2v) is 13.9. The van der Waals surface area contributed by atoms with E-state index < -0.39 is 8.07 Å². The molecule has 0 atom stereocenters. The van der Waals surface area contributed by atoms with Gasteiger partial charge in [0.05, 0.1) is 0 Å². The first-order valence-electron chi connectivity index (χ1n) is 7.37. The Bertz CT molecular complexity index is 228. The molecule has 0 bridgehead atoms. The fourth-order valence-corrected chi connectivity index (χ4v) is 6.02. The van der Waals surface area contributed by atoms with E-state index in [0.29, 0.717) is 5.41 Å². The molecule has 0 radical (unpaired) electrons. The van der Waals surface area contributed by atoms with E-state index in [4.69, 9.17) is 0 Å². The van der Waals surface area contributed by atoms with Gasteiger partial charge >= 0.3 is 0 Å². The Hall–Kier alpha value is 0.177. The van der Waals surface area contributed by atoms with Crippen LogP contribution in [0.25, 0.3) is 0 Å². The summed E-state index contributed by atoms with van der Waals surface area (Å²) in [6.45, 7) is 15.7. The fraction of sp³-hybridized carbons (Fsp3) is 1.00. The van der Waals surface area contributed by atoms with Crippen LogP contribution in [0.4, 0.5) is 0 Å². The molecule has 1 fully saturated rings. The zero-order chi connectivity index (χ0) is 13.2. The lowest BCUT2D eigenvalue weighted by atomic mass is 9.75. The fourth-order valence-electron chi connectivity index (χ4n) is 3.30. The van der Waals surface area contributed by atoms with E-state index >= 15 is 0 Å². The predicted molar refractivity (Wildman–Crippen MR) is 81.4 cm³/mol. The Kier molecular flexibility index (Phi) is 4.87. The number of hydrogen-bond donors (Lipinski definition) is 1. The van der Waals surface area contributed by atoms with Crippen molar-refractivity contribution in [3.63, 3.8) is 0 Å². The minimum Gasteiger partial charge on any atom is -0.312 e. The summed E-state index contributed by atoms with van der Waals surface area (Å²) in [7, 11) is -0.953. The molecule has 0 aromatic rings. The van der Waals surface area contributed by atoms with Gasteiger partial charge in [-0.1, -0.05) is 44.9 Å². The van der Waals surface area contributed by atoms with Crippen molar-refractivity contribution in [3.8, 4) is 0 Å². The van der Waals surface area contributed by atoms with E-state index in [0.717, 1.165) is 0 Å². The first-order valence-corrected chi connectivity index (χ1v) is 11.1. The zero-order valence-corrected chi connectivity index (χ0v) is 13.9. The molecule has 1 rings (SSSR count). The molecule has 102 valence electrons. The topological polar surface area (TPSA) is 12.0 Å². The summed E-state index contributed by atoms with van der Waals surface area (Å²) in [5.74, 6) is 0. The van der Waals surface area contributed by atoms with Crippen LogP contribution < -0.4 is 5.32 Å². The maximum absolute atomic E-state index is 3.78. The Morgan fingerprint density at radius 2 is 1.53 bits per heavy atom. The lowest BCUT2D eigenvalue weighted by Crippen LogP contribution is -2.47. The maximum atomic E-state index is 3.78. The highest BCUT2D eigenvalue weighted by atomic mass is 28.3. The van der Waals surface area contributed by atoms with E-state index in [1.807, 2.05) is 0 Å². The number of rotatable bonds is 4. The summed E-state index contributed by atoms with van der Waals surface area (Å²) in [5, 5.41) is 3.78. The molecule has 0 heterocycles. The van der Waals surface area contributed by atoms with Gasteiger partial charge in [0, 0.05) is 20.2 Å². The lowest BCUT2D eigenvalue weighted by molar-refractivity contribution is 0.188. The van der Waals surface area contributed by atoms with Crippen LogP contribution in [0.5, 0.6) is 0 Å². The van der Waals surface area contributed by atoms with Gasteiger partial charge in [0.1, 0.15) is 0 Å². The third kappa shape index (κ3) is 6.05. The first kappa shape index (κ1) is 15.2. The molecule has 0 amide bonds. The summed E-state index contributed by atoms with van der Waals surface area (Å²) in [4.78, 5) is 0. The van der Waals surface area contributed by atoms with Gasteiger partial charge in [-0.3, -0.25) is 0 Å². The molecule has 1 aliphatic carbocycles. The van der Waals surface area contributed by atoms with Crippen molar-refractivity contribution in [2.45, 2.75) is 84.1 Å². The third-order valence-corrected chi connectivity index (χ3v) is 5.62. The maximum Gasteiger partial charge on any atom is 0.0448 e. The summed E-state index contributed by atoms with van der Waals surface area (Å²) >= 11 is 0. The smallest absolute Gasteiger partial charge is 0.0448 e. The first-order chi connectivity index (χ1) is 7.62. The molecule has 0 saturated heterocycles. The van der Waals surface area contributed by atoms with Crippen LogP contribution in [-0.4, -0.2) is 20.2 Å². The SMILES string of the molecule is CC(C)(C)NCC1(C[Si](C)(C)C)CCCCC1. The van der Waals surface area contributed by atoms with Gasteiger partial charge in [-0.25, -0.2) is 0 Å². The van der Waals surface area contributed by atoms with Gasteiger partial charge in [0.15, 0.2) is 0 Å². The van der Waals surface area contributed by atoms with Crippen LogP contribution in [0.2, 0.25) is 25.7 Å². The van der Waals surface area contributed by atoms with Crippen molar-refractivity contribution in [3.05, 3.63) is 0 Å². The Balaban J connectivity index is 2.65. The van der Waals surface area contributed by atoms with Gasteiger partial charge < -0.3 is 5.32 Å². The Morgan fingerprint density at radius 3 is 1.94 bits per heavy atom. The number of nitrogens with one attached hydrogen (secondary N) is 1.